The Morgan fingerprint density at radius 1 is 0.972 bits per heavy atom. The standard InChI is InChI=1S/C24H27N7O4S/c1-15-13-26-17(14-25-15)12-16(2)36(32)30-24-29-28-23(18-8-6-11-21(27-18)35-5)31(24)22-19(33-3)9-7-10-20(22)34-4/h6-11,13-14,16H,12H2,1-5H3,(H,29,30). The number of hydrogen-bond acceptors (Lipinski definition) is 9. The minimum absolute atomic E-state index is 0.234. The fraction of sp³-hybridized carbons (Fsp3) is 0.292. The first-order valence-corrected chi connectivity index (χ1v) is 12.3. The van der Waals surface area contributed by atoms with Crippen LogP contribution in [0.2, 0.25) is 0 Å². The molecule has 1 aromatic carbocycles. The van der Waals surface area contributed by atoms with Crippen molar-refractivity contribution in [1.82, 2.24) is 29.7 Å². The highest BCUT2D eigenvalue weighted by atomic mass is 32.2. The molecule has 0 amide bonds. The summed E-state index contributed by atoms with van der Waals surface area (Å²) in [5, 5.41) is 8.36. The summed E-state index contributed by atoms with van der Waals surface area (Å²) in [5.74, 6) is 2.05. The van der Waals surface area contributed by atoms with Crippen LogP contribution in [0.4, 0.5) is 5.95 Å². The van der Waals surface area contributed by atoms with Crippen molar-refractivity contribution in [3.63, 3.8) is 0 Å². The highest BCUT2D eigenvalue weighted by Gasteiger charge is 2.25. The van der Waals surface area contributed by atoms with Crippen LogP contribution >= 0.6 is 0 Å². The third kappa shape index (κ3) is 5.28. The van der Waals surface area contributed by atoms with E-state index in [-0.39, 0.29) is 11.2 Å². The fourth-order valence-electron chi connectivity index (χ4n) is 3.52. The highest BCUT2D eigenvalue weighted by molar-refractivity contribution is 7.86. The summed E-state index contributed by atoms with van der Waals surface area (Å²) in [6.07, 6.45) is 3.84. The molecule has 188 valence electrons. The van der Waals surface area contributed by atoms with Gasteiger partial charge in [-0.2, -0.15) is 0 Å². The molecule has 0 bridgehead atoms. The molecule has 0 saturated carbocycles. The van der Waals surface area contributed by atoms with Gasteiger partial charge in [-0.3, -0.25) is 19.3 Å². The molecule has 0 spiro atoms. The Labute approximate surface area is 211 Å². The highest BCUT2D eigenvalue weighted by Crippen LogP contribution is 2.37. The maximum Gasteiger partial charge on any atom is 0.241 e. The number of aryl methyl sites for hydroxylation is 1. The van der Waals surface area contributed by atoms with E-state index in [2.05, 4.69) is 29.9 Å². The fourth-order valence-corrected chi connectivity index (χ4v) is 4.35. The van der Waals surface area contributed by atoms with Crippen LogP contribution < -0.4 is 18.9 Å². The molecule has 4 rings (SSSR count). The third-order valence-electron chi connectivity index (χ3n) is 5.34. The maximum absolute atomic E-state index is 13.3. The van der Waals surface area contributed by atoms with Crippen LogP contribution in [-0.2, 0) is 17.4 Å². The lowest BCUT2D eigenvalue weighted by Gasteiger charge is -2.18. The molecule has 0 aliphatic heterocycles. The van der Waals surface area contributed by atoms with Crippen LogP contribution in [0.1, 0.15) is 18.3 Å². The number of aromatic nitrogens is 6. The van der Waals surface area contributed by atoms with Gasteiger partial charge in [0.15, 0.2) is 5.82 Å². The van der Waals surface area contributed by atoms with E-state index in [4.69, 9.17) is 14.2 Å². The molecule has 11 nitrogen and oxygen atoms in total. The zero-order chi connectivity index (χ0) is 25.7. The first-order chi connectivity index (χ1) is 17.4. The van der Waals surface area contributed by atoms with Crippen LogP contribution in [0.5, 0.6) is 17.4 Å². The lowest BCUT2D eigenvalue weighted by molar-refractivity contribution is 0.391. The molecule has 2 atom stereocenters. The summed E-state index contributed by atoms with van der Waals surface area (Å²) in [4.78, 5) is 13.1. The molecule has 0 aliphatic rings. The van der Waals surface area contributed by atoms with Gasteiger partial charge in [-0.25, -0.2) is 9.19 Å². The smallest absolute Gasteiger partial charge is 0.241 e. The van der Waals surface area contributed by atoms with Crippen LogP contribution in [0.25, 0.3) is 17.2 Å². The summed E-state index contributed by atoms with van der Waals surface area (Å²) in [6.45, 7) is 3.73. The number of nitrogens with zero attached hydrogens (tertiary/aromatic N) is 6. The van der Waals surface area contributed by atoms with Gasteiger partial charge in [0.25, 0.3) is 0 Å². The second-order valence-corrected chi connectivity index (χ2v) is 9.43. The van der Waals surface area contributed by atoms with Crippen LogP contribution in [-0.4, -0.2) is 60.5 Å². The van der Waals surface area contributed by atoms with E-state index >= 15 is 0 Å². The second-order valence-electron chi connectivity index (χ2n) is 7.82. The van der Waals surface area contributed by atoms with E-state index in [0.717, 1.165) is 11.4 Å². The van der Waals surface area contributed by atoms with Gasteiger partial charge in [0.1, 0.15) is 33.9 Å². The summed E-state index contributed by atoms with van der Waals surface area (Å²) in [6, 6.07) is 10.7. The van der Waals surface area contributed by atoms with Gasteiger partial charge in [0.2, 0.25) is 11.8 Å². The Morgan fingerprint density at radius 3 is 2.33 bits per heavy atom. The third-order valence-corrected chi connectivity index (χ3v) is 6.62. The number of methoxy groups -OCH3 is 3. The molecule has 0 radical (unpaired) electrons. The minimum Gasteiger partial charge on any atom is -0.494 e. The van der Waals surface area contributed by atoms with E-state index < -0.39 is 11.0 Å². The van der Waals surface area contributed by atoms with Crippen molar-refractivity contribution in [3.05, 3.63) is 60.2 Å². The zero-order valence-electron chi connectivity index (χ0n) is 20.6. The van der Waals surface area contributed by atoms with Crippen molar-refractivity contribution in [2.75, 3.05) is 26.1 Å². The van der Waals surface area contributed by atoms with Crippen molar-refractivity contribution in [2.24, 2.45) is 0 Å². The van der Waals surface area contributed by atoms with Crippen LogP contribution in [0.3, 0.4) is 0 Å². The second kappa shape index (κ2) is 11.1. The van der Waals surface area contributed by atoms with E-state index in [1.165, 1.54) is 7.11 Å². The van der Waals surface area contributed by atoms with Crippen molar-refractivity contribution >= 4 is 16.9 Å². The SMILES string of the molecule is COc1cccc(-c2nnc(NS(=O)C(C)Cc3cnc(C)cn3)n2-c2c(OC)cccc2OC)n1. The summed E-state index contributed by atoms with van der Waals surface area (Å²) in [5.41, 5.74) is 2.60. The number of pyridine rings is 1. The lowest BCUT2D eigenvalue weighted by Crippen LogP contribution is -2.23. The number of anilines is 1. The van der Waals surface area contributed by atoms with Crippen molar-refractivity contribution in [1.29, 1.82) is 0 Å². The van der Waals surface area contributed by atoms with Gasteiger partial charge >= 0.3 is 0 Å². The molecule has 4 aromatic rings. The number of ether oxygens (including phenoxy) is 3. The minimum atomic E-state index is -1.54. The monoisotopic (exact) mass is 509 g/mol. The topological polar surface area (TPSA) is 126 Å². The van der Waals surface area contributed by atoms with Crippen LogP contribution in [0.15, 0.2) is 48.8 Å². The van der Waals surface area contributed by atoms with Crippen molar-refractivity contribution in [3.8, 4) is 34.6 Å². The number of nitrogens with one attached hydrogen (secondary N) is 1. The molecule has 0 fully saturated rings. The first-order valence-electron chi connectivity index (χ1n) is 11.1. The Hall–Kier alpha value is -4.06. The van der Waals surface area contributed by atoms with E-state index in [0.29, 0.717) is 41.0 Å². The normalized spacial score (nSPS) is 12.6. The lowest BCUT2D eigenvalue weighted by atomic mass is 10.2. The number of rotatable bonds is 10. The maximum atomic E-state index is 13.3. The quantitative estimate of drug-likeness (QED) is 0.343. The molecule has 0 aliphatic carbocycles. The largest absolute Gasteiger partial charge is 0.494 e. The van der Waals surface area contributed by atoms with Crippen LogP contribution in [0, 0.1) is 6.92 Å². The molecule has 0 saturated heterocycles. The van der Waals surface area contributed by atoms with E-state index in [1.807, 2.05) is 19.9 Å². The molecule has 2 unspecified atom stereocenters. The first kappa shape index (κ1) is 25.0. The molecule has 3 heterocycles. The summed E-state index contributed by atoms with van der Waals surface area (Å²) in [7, 11) is 3.11. The van der Waals surface area contributed by atoms with Gasteiger partial charge in [-0.15, -0.1) is 10.2 Å². The Bertz CT molecular complexity index is 1340. The summed E-state index contributed by atoms with van der Waals surface area (Å²) < 4.78 is 34.5. The summed E-state index contributed by atoms with van der Waals surface area (Å²) >= 11 is 0. The number of hydrogen-bond donors (Lipinski definition) is 1. The molecule has 36 heavy (non-hydrogen) atoms. The number of para-hydroxylation sites is 1. The van der Waals surface area contributed by atoms with E-state index in [9.17, 15) is 4.21 Å². The predicted octanol–water partition coefficient (Wildman–Crippen LogP) is 3.16. The van der Waals surface area contributed by atoms with Gasteiger partial charge in [-0.05, 0) is 32.0 Å². The Kier molecular flexibility index (Phi) is 7.74. The molecule has 3 aromatic heterocycles. The van der Waals surface area contributed by atoms with Gasteiger partial charge in [-0.1, -0.05) is 12.1 Å². The van der Waals surface area contributed by atoms with E-state index in [1.54, 1.807) is 61.5 Å². The van der Waals surface area contributed by atoms with Gasteiger partial charge in [0.05, 0.1) is 38.0 Å². The molecular formula is C24H27N7O4S. The van der Waals surface area contributed by atoms with Crippen molar-refractivity contribution in [2.45, 2.75) is 25.5 Å². The molecule has 12 heteroatoms. The number of benzene rings is 1. The van der Waals surface area contributed by atoms with Crippen molar-refractivity contribution < 1.29 is 18.4 Å². The van der Waals surface area contributed by atoms with Gasteiger partial charge in [0, 0.05) is 24.9 Å². The average Bonchev–Trinajstić information content (AvgIpc) is 3.32. The van der Waals surface area contributed by atoms with Gasteiger partial charge < -0.3 is 14.2 Å². The predicted molar refractivity (Wildman–Crippen MR) is 136 cm³/mol. The Morgan fingerprint density at radius 2 is 1.69 bits per heavy atom. The molecule has 1 N–H and O–H groups in total. The zero-order valence-corrected chi connectivity index (χ0v) is 21.4. The molecular weight excluding hydrogens is 482 g/mol. The average molecular weight is 510 g/mol. The Balaban J connectivity index is 1.76.